The molecule has 2 rings (SSSR count). The van der Waals surface area contributed by atoms with Gasteiger partial charge in [0.25, 0.3) is 5.91 Å². The average molecular weight is 341 g/mol. The second-order valence-electron chi connectivity index (χ2n) is 5.20. The molecule has 0 aliphatic heterocycles. The molecule has 2 aromatic rings. The molecule has 0 aliphatic carbocycles. The lowest BCUT2D eigenvalue weighted by molar-refractivity contribution is -0.149. The van der Waals surface area contributed by atoms with Gasteiger partial charge in [0.2, 0.25) is 0 Å². The summed E-state index contributed by atoms with van der Waals surface area (Å²) in [4.78, 5) is 34.3. The zero-order valence-corrected chi connectivity index (χ0v) is 13.9. The Morgan fingerprint density at radius 1 is 1.04 bits per heavy atom. The third-order valence-corrected chi connectivity index (χ3v) is 3.40. The van der Waals surface area contributed by atoms with Crippen molar-refractivity contribution in [2.24, 2.45) is 0 Å². The van der Waals surface area contributed by atoms with Crippen LogP contribution in [0.25, 0.3) is 0 Å². The molecule has 2 aromatic carbocycles. The van der Waals surface area contributed by atoms with Gasteiger partial charge >= 0.3 is 5.97 Å². The van der Waals surface area contributed by atoms with Crippen molar-refractivity contribution < 1.29 is 23.9 Å². The Morgan fingerprint density at radius 2 is 1.76 bits per heavy atom. The van der Waals surface area contributed by atoms with Crippen LogP contribution in [0, 0.1) is 0 Å². The van der Waals surface area contributed by atoms with Gasteiger partial charge < -0.3 is 14.8 Å². The van der Waals surface area contributed by atoms with E-state index in [9.17, 15) is 14.4 Å². The molecule has 0 aromatic heterocycles. The molecule has 130 valence electrons. The number of carbonyl (C=O) groups is 3. The van der Waals surface area contributed by atoms with Crippen molar-refractivity contribution in [3.8, 4) is 5.75 Å². The standard InChI is InChI=1S/C19H19NO5/c1-2-14-7-9-16(10-8-14)20-18(22)12-25-19(23)13-24-17-6-4-3-5-15(17)11-21/h3-11H,2,12-13H2,1H3,(H,20,22). The van der Waals surface area contributed by atoms with E-state index in [4.69, 9.17) is 9.47 Å². The first kappa shape index (κ1) is 18.2. The molecule has 0 atom stereocenters. The van der Waals surface area contributed by atoms with Gasteiger partial charge in [-0.1, -0.05) is 31.2 Å². The molecule has 0 saturated heterocycles. The fourth-order valence-electron chi connectivity index (χ4n) is 2.05. The molecule has 1 N–H and O–H groups in total. The summed E-state index contributed by atoms with van der Waals surface area (Å²) in [6, 6.07) is 13.9. The van der Waals surface area contributed by atoms with E-state index in [1.165, 1.54) is 0 Å². The SMILES string of the molecule is CCc1ccc(NC(=O)COC(=O)COc2ccccc2C=O)cc1. The van der Waals surface area contributed by atoms with Crippen LogP contribution in [0.15, 0.2) is 48.5 Å². The first-order valence-corrected chi connectivity index (χ1v) is 7.83. The Balaban J connectivity index is 1.75. The van der Waals surface area contributed by atoms with Crippen LogP contribution in [0.4, 0.5) is 5.69 Å². The summed E-state index contributed by atoms with van der Waals surface area (Å²) < 4.78 is 10.1. The summed E-state index contributed by atoms with van der Waals surface area (Å²) >= 11 is 0. The number of esters is 1. The second-order valence-corrected chi connectivity index (χ2v) is 5.20. The zero-order valence-electron chi connectivity index (χ0n) is 13.9. The third-order valence-electron chi connectivity index (χ3n) is 3.40. The predicted molar refractivity (Wildman–Crippen MR) is 92.7 cm³/mol. The lowest BCUT2D eigenvalue weighted by Gasteiger charge is -2.09. The molecule has 1 amide bonds. The molecule has 0 fully saturated rings. The summed E-state index contributed by atoms with van der Waals surface area (Å²) in [5.74, 6) is -0.849. The molecule has 6 nitrogen and oxygen atoms in total. The Morgan fingerprint density at radius 3 is 2.44 bits per heavy atom. The maximum atomic E-state index is 11.8. The van der Waals surface area contributed by atoms with Gasteiger partial charge in [0.05, 0.1) is 5.56 Å². The molecule has 0 aliphatic rings. The van der Waals surface area contributed by atoms with Crippen LogP contribution in [0.2, 0.25) is 0 Å². The van der Waals surface area contributed by atoms with Gasteiger partial charge in [-0.3, -0.25) is 9.59 Å². The monoisotopic (exact) mass is 341 g/mol. The van der Waals surface area contributed by atoms with E-state index >= 15 is 0 Å². The smallest absolute Gasteiger partial charge is 0.344 e. The number of aldehydes is 1. The largest absolute Gasteiger partial charge is 0.481 e. The number of hydrogen-bond donors (Lipinski definition) is 1. The lowest BCUT2D eigenvalue weighted by atomic mass is 10.1. The second kappa shape index (κ2) is 9.22. The van der Waals surface area contributed by atoms with Gasteiger partial charge in [0.1, 0.15) is 5.75 Å². The van der Waals surface area contributed by atoms with Crippen LogP contribution in [0.3, 0.4) is 0 Å². The van der Waals surface area contributed by atoms with Crippen LogP contribution in [-0.2, 0) is 20.7 Å². The molecule has 0 radical (unpaired) electrons. The van der Waals surface area contributed by atoms with E-state index in [1.807, 2.05) is 19.1 Å². The Hall–Kier alpha value is -3.15. The van der Waals surface area contributed by atoms with Gasteiger partial charge in [0, 0.05) is 5.69 Å². The Labute approximate surface area is 145 Å². The van der Waals surface area contributed by atoms with Crippen LogP contribution in [0.5, 0.6) is 5.75 Å². The zero-order chi connectivity index (χ0) is 18.1. The summed E-state index contributed by atoms with van der Waals surface area (Å²) in [6.07, 6.45) is 1.55. The number of para-hydroxylation sites is 1. The van der Waals surface area contributed by atoms with Gasteiger partial charge in [0.15, 0.2) is 19.5 Å². The highest BCUT2D eigenvalue weighted by molar-refractivity contribution is 5.92. The topological polar surface area (TPSA) is 81.7 Å². The van der Waals surface area contributed by atoms with E-state index in [0.717, 1.165) is 12.0 Å². The third kappa shape index (κ3) is 5.76. The number of anilines is 1. The highest BCUT2D eigenvalue weighted by atomic mass is 16.6. The minimum Gasteiger partial charge on any atom is -0.481 e. The molecule has 0 saturated carbocycles. The Bertz CT molecular complexity index is 740. The van der Waals surface area contributed by atoms with Crippen molar-refractivity contribution in [3.05, 3.63) is 59.7 Å². The minimum atomic E-state index is -0.697. The van der Waals surface area contributed by atoms with E-state index in [-0.39, 0.29) is 12.4 Å². The highest BCUT2D eigenvalue weighted by Crippen LogP contribution is 2.15. The summed E-state index contributed by atoms with van der Waals surface area (Å²) in [5, 5.41) is 2.64. The molecule has 0 spiro atoms. The molecule has 0 unspecified atom stereocenters. The Kier molecular flexibility index (Phi) is 6.71. The first-order valence-electron chi connectivity index (χ1n) is 7.83. The van der Waals surface area contributed by atoms with Crippen LogP contribution in [0.1, 0.15) is 22.8 Å². The van der Waals surface area contributed by atoms with E-state index in [0.29, 0.717) is 17.5 Å². The van der Waals surface area contributed by atoms with E-state index in [1.54, 1.807) is 36.4 Å². The van der Waals surface area contributed by atoms with Crippen molar-refractivity contribution >= 4 is 23.9 Å². The van der Waals surface area contributed by atoms with E-state index in [2.05, 4.69) is 5.32 Å². The number of hydrogen-bond acceptors (Lipinski definition) is 5. The molecule has 0 heterocycles. The number of ether oxygens (including phenoxy) is 2. The molecule has 0 bridgehead atoms. The number of carbonyl (C=O) groups excluding carboxylic acids is 3. The van der Waals surface area contributed by atoms with Gasteiger partial charge in [-0.2, -0.15) is 0 Å². The van der Waals surface area contributed by atoms with Gasteiger partial charge in [-0.05, 0) is 36.2 Å². The van der Waals surface area contributed by atoms with E-state index < -0.39 is 18.5 Å². The number of rotatable bonds is 8. The predicted octanol–water partition coefficient (Wildman–Crippen LogP) is 2.62. The molecular weight excluding hydrogens is 322 g/mol. The van der Waals surface area contributed by atoms with Crippen molar-refractivity contribution in [2.45, 2.75) is 13.3 Å². The van der Waals surface area contributed by atoms with Crippen LogP contribution >= 0.6 is 0 Å². The number of amides is 1. The maximum absolute atomic E-state index is 11.8. The van der Waals surface area contributed by atoms with Crippen LogP contribution in [-0.4, -0.2) is 31.4 Å². The van der Waals surface area contributed by atoms with Gasteiger partial charge in [-0.25, -0.2) is 4.79 Å². The van der Waals surface area contributed by atoms with Crippen molar-refractivity contribution in [1.29, 1.82) is 0 Å². The molecular formula is C19H19NO5. The quantitative estimate of drug-likeness (QED) is 0.589. The van der Waals surface area contributed by atoms with Crippen molar-refractivity contribution in [1.82, 2.24) is 0 Å². The van der Waals surface area contributed by atoms with Crippen LogP contribution < -0.4 is 10.1 Å². The normalized spacial score (nSPS) is 9.96. The number of nitrogens with one attached hydrogen (secondary N) is 1. The maximum Gasteiger partial charge on any atom is 0.344 e. The fraction of sp³-hybridized carbons (Fsp3) is 0.211. The average Bonchev–Trinajstić information content (AvgIpc) is 2.65. The lowest BCUT2D eigenvalue weighted by Crippen LogP contribution is -2.23. The molecule has 25 heavy (non-hydrogen) atoms. The first-order chi connectivity index (χ1) is 12.1. The number of aryl methyl sites for hydroxylation is 1. The summed E-state index contributed by atoms with van der Waals surface area (Å²) in [5.41, 5.74) is 2.13. The summed E-state index contributed by atoms with van der Waals surface area (Å²) in [6.45, 7) is 1.25. The minimum absolute atomic E-state index is 0.287. The van der Waals surface area contributed by atoms with Crippen molar-refractivity contribution in [2.75, 3.05) is 18.5 Å². The van der Waals surface area contributed by atoms with Crippen molar-refractivity contribution in [3.63, 3.8) is 0 Å². The molecule has 6 heteroatoms. The highest BCUT2D eigenvalue weighted by Gasteiger charge is 2.10. The summed E-state index contributed by atoms with van der Waals surface area (Å²) in [7, 11) is 0. The fourth-order valence-corrected chi connectivity index (χ4v) is 2.05. The van der Waals surface area contributed by atoms with Gasteiger partial charge in [-0.15, -0.1) is 0 Å². The number of benzene rings is 2.